The summed E-state index contributed by atoms with van der Waals surface area (Å²) in [6.45, 7) is 6.86. The van der Waals surface area contributed by atoms with Crippen molar-refractivity contribution in [3.63, 3.8) is 0 Å². The highest BCUT2D eigenvalue weighted by molar-refractivity contribution is 7.99. The third-order valence-corrected chi connectivity index (χ3v) is 13.3. The minimum atomic E-state index is -0.111. The third kappa shape index (κ3) is 7.48. The smallest absolute Gasteiger partial charge is 0.261 e. The fourth-order valence-corrected chi connectivity index (χ4v) is 10.0. The molecule has 0 aromatic heterocycles. The van der Waals surface area contributed by atoms with Crippen molar-refractivity contribution in [3.05, 3.63) is 141 Å². The minimum absolute atomic E-state index is 0.0146. The molecule has 4 aliphatic rings. The molecule has 0 saturated heterocycles. The number of anilines is 2. The standard InChI is InChI=1S/C48H47N3O5S2/c1-29-15-39-40(49-24-37-20-35-10-6-8-12-42(35)51(37)47(39)53)23-43(29)55-25-30-16-31(18-32(17-30)27-58-28-48(2,3)57)26-56-45-21-33-13-14-36-19-34-9-5-7-11-41(34)50(36)46(52)38(33)22-44(45)54-4/h5-12,15-18,21-24,36-37,57H,13-14,19-20,25-28H2,1-4H3/t36-,37+/m1/s1. The number of aryl methyl sites for hydroxylation is 2. The van der Waals surface area contributed by atoms with Crippen molar-refractivity contribution < 1.29 is 23.8 Å². The molecule has 4 heterocycles. The second-order valence-corrected chi connectivity index (χ2v) is 18.6. The number of benzene rings is 5. The van der Waals surface area contributed by atoms with E-state index < -0.39 is 0 Å². The summed E-state index contributed by atoms with van der Waals surface area (Å²) >= 11 is 6.59. The molecule has 0 unspecified atom stereocenters. The first-order valence-corrected chi connectivity index (χ1v) is 21.5. The van der Waals surface area contributed by atoms with E-state index in [2.05, 4.69) is 44.2 Å². The van der Waals surface area contributed by atoms with Crippen molar-refractivity contribution in [3.8, 4) is 17.2 Å². The predicted molar refractivity (Wildman–Crippen MR) is 236 cm³/mol. The van der Waals surface area contributed by atoms with Gasteiger partial charge in [-0.25, -0.2) is 0 Å². The number of hydrogen-bond donors (Lipinski definition) is 1. The zero-order chi connectivity index (χ0) is 40.1. The first kappa shape index (κ1) is 38.3. The summed E-state index contributed by atoms with van der Waals surface area (Å²) in [5.74, 6) is 3.52. The first-order chi connectivity index (χ1) is 28.0. The second kappa shape index (κ2) is 15.5. The first-order valence-electron chi connectivity index (χ1n) is 19.9. The maximum absolute atomic E-state index is 14.0. The summed E-state index contributed by atoms with van der Waals surface area (Å²) in [4.78, 5) is 36.6. The van der Waals surface area contributed by atoms with Crippen LogP contribution in [-0.4, -0.2) is 47.7 Å². The number of thioether (sulfide) groups is 1. The Balaban J connectivity index is 0.948. The van der Waals surface area contributed by atoms with Crippen LogP contribution in [0.5, 0.6) is 17.2 Å². The van der Waals surface area contributed by atoms with Gasteiger partial charge in [0.05, 0.1) is 24.4 Å². The molecule has 8 nitrogen and oxygen atoms in total. The van der Waals surface area contributed by atoms with Gasteiger partial charge >= 0.3 is 0 Å². The molecule has 4 aliphatic heterocycles. The molecule has 58 heavy (non-hydrogen) atoms. The molecule has 9 rings (SSSR count). The Morgan fingerprint density at radius 1 is 0.759 bits per heavy atom. The van der Waals surface area contributed by atoms with Crippen molar-refractivity contribution in [2.45, 2.75) is 82.3 Å². The fourth-order valence-electron chi connectivity index (χ4n) is 8.73. The monoisotopic (exact) mass is 809 g/mol. The summed E-state index contributed by atoms with van der Waals surface area (Å²) in [6, 6.07) is 30.5. The Hall–Kier alpha value is -5.19. The van der Waals surface area contributed by atoms with Gasteiger partial charge in [-0.05, 0) is 102 Å². The number of hydrogen-bond acceptors (Lipinski definition) is 8. The van der Waals surface area contributed by atoms with Gasteiger partial charge < -0.3 is 19.1 Å². The molecule has 0 fully saturated rings. The van der Waals surface area contributed by atoms with Crippen LogP contribution < -0.4 is 24.0 Å². The van der Waals surface area contributed by atoms with E-state index in [4.69, 9.17) is 31.8 Å². The molecule has 5 aromatic rings. The van der Waals surface area contributed by atoms with Crippen LogP contribution in [0.15, 0.2) is 96.0 Å². The number of fused-ring (bicyclic) bond motifs is 8. The van der Waals surface area contributed by atoms with Crippen LogP contribution in [0.25, 0.3) is 0 Å². The number of aliphatic imine (C=N–C) groups is 1. The number of amides is 2. The minimum Gasteiger partial charge on any atom is -0.493 e. The lowest BCUT2D eigenvalue weighted by molar-refractivity contribution is 0.0975. The Morgan fingerprint density at radius 3 is 2.14 bits per heavy atom. The zero-order valence-electron chi connectivity index (χ0n) is 33.3. The molecule has 0 bridgehead atoms. The highest BCUT2D eigenvalue weighted by Crippen LogP contribution is 2.42. The largest absolute Gasteiger partial charge is 0.493 e. The molecule has 0 spiro atoms. The summed E-state index contributed by atoms with van der Waals surface area (Å²) in [6.07, 6.45) is 5.17. The van der Waals surface area contributed by atoms with Crippen LogP contribution in [-0.2, 0) is 38.2 Å². The number of rotatable bonds is 11. The van der Waals surface area contributed by atoms with Crippen molar-refractivity contribution in [1.29, 1.82) is 0 Å². The number of thiol groups is 1. The van der Waals surface area contributed by atoms with Crippen LogP contribution in [0.2, 0.25) is 0 Å². The van der Waals surface area contributed by atoms with E-state index in [1.165, 1.54) is 5.56 Å². The molecule has 2 amide bonds. The van der Waals surface area contributed by atoms with Gasteiger partial charge in [-0.1, -0.05) is 62.4 Å². The molecule has 0 N–H and O–H groups in total. The number of carbonyl (C=O) groups is 2. The zero-order valence-corrected chi connectivity index (χ0v) is 35.0. The number of para-hydroxylation sites is 2. The van der Waals surface area contributed by atoms with Crippen molar-refractivity contribution in [1.82, 2.24) is 0 Å². The van der Waals surface area contributed by atoms with Crippen LogP contribution in [0, 0.1) is 6.92 Å². The second-order valence-electron chi connectivity index (χ2n) is 16.4. The highest BCUT2D eigenvalue weighted by Gasteiger charge is 2.38. The Kier molecular flexibility index (Phi) is 10.3. The molecule has 296 valence electrons. The van der Waals surface area contributed by atoms with E-state index in [-0.39, 0.29) is 28.6 Å². The molecule has 0 saturated carbocycles. The lowest BCUT2D eigenvalue weighted by Crippen LogP contribution is -2.37. The topological polar surface area (TPSA) is 80.7 Å². The third-order valence-electron chi connectivity index (χ3n) is 11.4. The normalized spacial score (nSPS) is 17.7. The van der Waals surface area contributed by atoms with Crippen LogP contribution >= 0.6 is 24.4 Å². The Labute approximate surface area is 350 Å². The lowest BCUT2D eigenvalue weighted by Gasteiger charge is -2.23. The van der Waals surface area contributed by atoms with Gasteiger partial charge in [0, 0.05) is 57.9 Å². The summed E-state index contributed by atoms with van der Waals surface area (Å²) in [5, 5.41) is 0. The average Bonchev–Trinajstić information content (AvgIpc) is 3.70. The SMILES string of the molecule is COc1cc2c(cc1OCc1cc(COc3cc4c(cc3C)C(=O)N3c5ccccc5C[C@H]3C=N4)cc(CSCC(C)(C)S)c1)CC[C@@H]1Cc3ccccc3N1C2=O. The van der Waals surface area contributed by atoms with E-state index in [0.29, 0.717) is 47.3 Å². The predicted octanol–water partition coefficient (Wildman–Crippen LogP) is 9.91. The lowest BCUT2D eigenvalue weighted by atomic mass is 9.99. The van der Waals surface area contributed by atoms with Gasteiger partial charge in [-0.15, -0.1) is 0 Å². The van der Waals surface area contributed by atoms with Crippen molar-refractivity contribution in [2.75, 3.05) is 22.7 Å². The van der Waals surface area contributed by atoms with Gasteiger partial charge in [0.2, 0.25) is 0 Å². The molecule has 0 radical (unpaired) electrons. The molecule has 10 heteroatoms. The van der Waals surface area contributed by atoms with Crippen LogP contribution in [0.3, 0.4) is 0 Å². The van der Waals surface area contributed by atoms with E-state index in [1.54, 1.807) is 7.11 Å². The van der Waals surface area contributed by atoms with E-state index in [1.807, 2.05) is 95.4 Å². The highest BCUT2D eigenvalue weighted by atomic mass is 32.2. The van der Waals surface area contributed by atoms with Gasteiger partial charge in [0.25, 0.3) is 11.8 Å². The van der Waals surface area contributed by atoms with Gasteiger partial charge in [0.1, 0.15) is 19.0 Å². The quantitative estimate of drug-likeness (QED) is 0.134. The summed E-state index contributed by atoms with van der Waals surface area (Å²) < 4.78 is 18.8. The summed E-state index contributed by atoms with van der Waals surface area (Å²) in [7, 11) is 1.62. The molecule has 2 atom stereocenters. The maximum Gasteiger partial charge on any atom is 0.261 e. The Morgan fingerprint density at radius 2 is 1.41 bits per heavy atom. The van der Waals surface area contributed by atoms with Gasteiger partial charge in [-0.3, -0.25) is 19.5 Å². The van der Waals surface area contributed by atoms with Crippen molar-refractivity contribution in [2.24, 2.45) is 4.99 Å². The molecular weight excluding hydrogens is 763 g/mol. The maximum atomic E-state index is 14.0. The number of nitrogens with zero attached hydrogens (tertiary/aromatic N) is 3. The van der Waals surface area contributed by atoms with E-state index >= 15 is 0 Å². The number of ether oxygens (including phenoxy) is 3. The Bertz CT molecular complexity index is 2470. The van der Waals surface area contributed by atoms with Crippen molar-refractivity contribution >= 4 is 59.5 Å². The van der Waals surface area contributed by atoms with E-state index in [9.17, 15) is 9.59 Å². The molecule has 0 aliphatic carbocycles. The average molecular weight is 810 g/mol. The number of methoxy groups -OCH3 is 1. The molecule has 5 aromatic carbocycles. The summed E-state index contributed by atoms with van der Waals surface area (Å²) in [5.41, 5.74) is 11.2. The number of carbonyl (C=O) groups excluding carboxylic acids is 2. The van der Waals surface area contributed by atoms with Crippen LogP contribution in [0.1, 0.15) is 79.9 Å². The molecular formula is C48H47N3O5S2. The van der Waals surface area contributed by atoms with Crippen LogP contribution in [0.4, 0.5) is 17.1 Å². The van der Waals surface area contributed by atoms with Gasteiger partial charge in [-0.2, -0.15) is 24.4 Å². The fraction of sp³-hybridized carbons (Fsp3) is 0.312. The van der Waals surface area contributed by atoms with Gasteiger partial charge in [0.15, 0.2) is 11.5 Å². The van der Waals surface area contributed by atoms with E-state index in [0.717, 1.165) is 81.9 Å².